The Kier molecular flexibility index (Phi) is 9.77. The maximum Gasteiger partial charge on any atom is 0.408 e. The highest BCUT2D eigenvalue weighted by molar-refractivity contribution is 7.09. The number of carbonyl (C=O) groups is 4. The molecule has 3 rings (SSSR count). The van der Waals surface area contributed by atoms with E-state index in [4.69, 9.17) is 4.74 Å². The number of rotatable bonds is 6. The molecule has 0 spiro atoms. The molecule has 188 valence electrons. The summed E-state index contributed by atoms with van der Waals surface area (Å²) in [7, 11) is 0. The number of ether oxygens (including phenoxy) is 1. The number of Topliss-reactive ketones (excluding diaryl/α,β-unsaturated/α-hetero) is 1. The summed E-state index contributed by atoms with van der Waals surface area (Å²) in [6.45, 7) is 4.02. The number of fused-ring (bicyclic) bond motifs is 1. The van der Waals surface area contributed by atoms with E-state index in [0.29, 0.717) is 12.2 Å². The van der Waals surface area contributed by atoms with Gasteiger partial charge in [0.25, 0.3) is 5.91 Å². The Morgan fingerprint density at radius 3 is 2.69 bits per heavy atom. The van der Waals surface area contributed by atoms with Crippen LogP contribution in [-0.2, 0) is 38.6 Å². The number of aromatic nitrogens is 1. The van der Waals surface area contributed by atoms with Crippen molar-refractivity contribution in [3.63, 3.8) is 0 Å². The number of alkyl carbamates (subject to hydrolysis) is 1. The number of ketones is 1. The Balaban J connectivity index is 1.70. The summed E-state index contributed by atoms with van der Waals surface area (Å²) in [5.74, 6) is -2.31. The number of carbonyl (C=O) groups excluding carboxylic acids is 4. The highest BCUT2D eigenvalue weighted by Crippen LogP contribution is 2.19. The average molecular weight is 501 g/mol. The van der Waals surface area contributed by atoms with E-state index in [1.165, 1.54) is 11.3 Å². The van der Waals surface area contributed by atoms with Crippen molar-refractivity contribution in [3.8, 4) is 0 Å². The van der Waals surface area contributed by atoms with Gasteiger partial charge in [-0.25, -0.2) is 9.78 Å². The lowest BCUT2D eigenvalue weighted by Gasteiger charge is -2.25. The maximum absolute atomic E-state index is 13.2. The lowest BCUT2D eigenvalue weighted by Crippen LogP contribution is -2.56. The molecule has 9 nitrogen and oxygen atoms in total. The van der Waals surface area contributed by atoms with Crippen molar-refractivity contribution in [2.24, 2.45) is 5.92 Å². The fraction of sp³-hybridized carbons (Fsp3) is 0.480. The molecule has 1 aromatic heterocycles. The molecule has 1 aromatic carbocycles. The number of aryl methyl sites for hydroxylation is 1. The van der Waals surface area contributed by atoms with E-state index in [-0.39, 0.29) is 18.9 Å². The van der Waals surface area contributed by atoms with E-state index >= 15 is 0 Å². The van der Waals surface area contributed by atoms with E-state index < -0.39 is 35.8 Å². The standard InChI is InChI=1S/C25H32N4O5S/c1-16(2)21(29-25(33)34-14-17-9-5-3-6-10-17)23(31)28-19-13-18-20(35-15-27-18)11-7-4-8-12-26-24(32)22(19)30/h3,5-6,9-10,15-16,19,21H,4,7-8,11-14H2,1-2H3,(H,26,32)(H,28,31)(H,29,33). The third-order valence-electron chi connectivity index (χ3n) is 5.78. The molecular weight excluding hydrogens is 468 g/mol. The lowest BCUT2D eigenvalue weighted by atomic mass is 9.99. The first-order valence-electron chi connectivity index (χ1n) is 11.9. The SMILES string of the molecule is CC(C)C(NC(=O)OCc1ccccc1)C(=O)NC1Cc2ncsc2CCCCCNC(=O)C1=O. The van der Waals surface area contributed by atoms with Crippen molar-refractivity contribution in [1.82, 2.24) is 20.9 Å². The minimum absolute atomic E-state index is 0.0625. The number of hydrogen-bond acceptors (Lipinski definition) is 7. The molecule has 2 unspecified atom stereocenters. The van der Waals surface area contributed by atoms with Crippen LogP contribution in [0.25, 0.3) is 0 Å². The van der Waals surface area contributed by atoms with Gasteiger partial charge in [0, 0.05) is 17.8 Å². The van der Waals surface area contributed by atoms with Crippen LogP contribution in [0, 0.1) is 5.92 Å². The predicted octanol–water partition coefficient (Wildman–Crippen LogP) is 2.53. The fourth-order valence-corrected chi connectivity index (χ4v) is 4.63. The van der Waals surface area contributed by atoms with Crippen LogP contribution in [0.3, 0.4) is 0 Å². The zero-order chi connectivity index (χ0) is 25.2. The molecule has 0 fully saturated rings. The Bertz CT molecular complexity index is 1020. The van der Waals surface area contributed by atoms with Crippen molar-refractivity contribution in [2.45, 2.75) is 64.6 Å². The van der Waals surface area contributed by atoms with Crippen LogP contribution in [0.1, 0.15) is 49.2 Å². The number of nitrogens with one attached hydrogen (secondary N) is 3. The molecule has 2 atom stereocenters. The molecule has 35 heavy (non-hydrogen) atoms. The molecule has 0 aliphatic carbocycles. The van der Waals surface area contributed by atoms with Gasteiger partial charge in [0.15, 0.2) is 0 Å². The van der Waals surface area contributed by atoms with Crippen molar-refractivity contribution in [3.05, 3.63) is 52.0 Å². The van der Waals surface area contributed by atoms with Crippen LogP contribution in [0.4, 0.5) is 4.79 Å². The second-order valence-electron chi connectivity index (χ2n) is 8.85. The molecule has 10 heteroatoms. The summed E-state index contributed by atoms with van der Waals surface area (Å²) >= 11 is 1.51. The first-order chi connectivity index (χ1) is 16.8. The summed E-state index contributed by atoms with van der Waals surface area (Å²) in [4.78, 5) is 56.4. The summed E-state index contributed by atoms with van der Waals surface area (Å²) in [6, 6.07) is 7.15. The van der Waals surface area contributed by atoms with Crippen LogP contribution in [0.2, 0.25) is 0 Å². The highest BCUT2D eigenvalue weighted by Gasteiger charge is 2.33. The van der Waals surface area contributed by atoms with Gasteiger partial charge in [-0.2, -0.15) is 0 Å². The van der Waals surface area contributed by atoms with Gasteiger partial charge in [0.2, 0.25) is 11.7 Å². The number of nitrogens with zero attached hydrogens (tertiary/aromatic N) is 1. The largest absolute Gasteiger partial charge is 0.445 e. The molecule has 1 aliphatic heterocycles. The average Bonchev–Trinajstić information content (AvgIpc) is 3.28. The molecule has 2 heterocycles. The van der Waals surface area contributed by atoms with E-state index in [9.17, 15) is 19.2 Å². The highest BCUT2D eigenvalue weighted by atomic mass is 32.1. The molecule has 0 saturated heterocycles. The summed E-state index contributed by atoms with van der Waals surface area (Å²) in [6.07, 6.45) is 2.88. The molecule has 0 saturated carbocycles. The van der Waals surface area contributed by atoms with Crippen molar-refractivity contribution in [2.75, 3.05) is 6.54 Å². The Hall–Kier alpha value is -3.27. The van der Waals surface area contributed by atoms with Gasteiger partial charge in [0.05, 0.1) is 11.2 Å². The minimum atomic E-state index is -1.09. The van der Waals surface area contributed by atoms with E-state index in [0.717, 1.165) is 36.1 Å². The fourth-order valence-electron chi connectivity index (χ4n) is 3.79. The van der Waals surface area contributed by atoms with Gasteiger partial charge >= 0.3 is 6.09 Å². The Morgan fingerprint density at radius 1 is 1.17 bits per heavy atom. The maximum atomic E-state index is 13.2. The number of thiazole rings is 1. The molecule has 3 amide bonds. The van der Waals surface area contributed by atoms with Gasteiger partial charge in [-0.05, 0) is 30.7 Å². The topological polar surface area (TPSA) is 126 Å². The summed E-state index contributed by atoms with van der Waals surface area (Å²) in [5, 5.41) is 7.91. The molecular formula is C25H32N4O5S. The predicted molar refractivity (Wildman–Crippen MR) is 132 cm³/mol. The molecule has 0 radical (unpaired) electrons. The van der Waals surface area contributed by atoms with Crippen molar-refractivity contribution < 1.29 is 23.9 Å². The molecule has 2 aromatic rings. The Morgan fingerprint density at radius 2 is 1.94 bits per heavy atom. The minimum Gasteiger partial charge on any atom is -0.445 e. The summed E-state index contributed by atoms with van der Waals surface area (Å²) in [5.41, 5.74) is 3.24. The third-order valence-corrected chi connectivity index (χ3v) is 6.72. The van der Waals surface area contributed by atoms with Crippen LogP contribution in [-0.4, -0.2) is 47.3 Å². The lowest BCUT2D eigenvalue weighted by molar-refractivity contribution is -0.140. The van der Waals surface area contributed by atoms with Gasteiger partial charge < -0.3 is 20.7 Å². The Labute approximate surface area is 209 Å². The normalized spacial score (nSPS) is 17.9. The van der Waals surface area contributed by atoms with Crippen LogP contribution >= 0.6 is 11.3 Å². The van der Waals surface area contributed by atoms with Crippen LogP contribution < -0.4 is 16.0 Å². The molecule has 0 bridgehead atoms. The number of benzene rings is 1. The van der Waals surface area contributed by atoms with Crippen molar-refractivity contribution in [1.29, 1.82) is 0 Å². The van der Waals surface area contributed by atoms with E-state index in [1.807, 2.05) is 30.3 Å². The second kappa shape index (κ2) is 13.0. The quantitative estimate of drug-likeness (QED) is 0.523. The van der Waals surface area contributed by atoms with Gasteiger partial charge in [-0.15, -0.1) is 11.3 Å². The van der Waals surface area contributed by atoms with Gasteiger partial charge in [0.1, 0.15) is 18.7 Å². The van der Waals surface area contributed by atoms with E-state index in [2.05, 4.69) is 20.9 Å². The van der Waals surface area contributed by atoms with Crippen LogP contribution in [0.5, 0.6) is 0 Å². The van der Waals surface area contributed by atoms with Crippen LogP contribution in [0.15, 0.2) is 35.8 Å². The monoisotopic (exact) mass is 500 g/mol. The second-order valence-corrected chi connectivity index (χ2v) is 9.79. The van der Waals surface area contributed by atoms with Gasteiger partial charge in [-0.1, -0.05) is 50.6 Å². The third kappa shape index (κ3) is 7.88. The smallest absolute Gasteiger partial charge is 0.408 e. The zero-order valence-electron chi connectivity index (χ0n) is 20.0. The first-order valence-corrected chi connectivity index (χ1v) is 12.7. The number of amides is 3. The summed E-state index contributed by atoms with van der Waals surface area (Å²) < 4.78 is 5.25. The molecule has 3 N–H and O–H groups in total. The van der Waals surface area contributed by atoms with E-state index in [1.54, 1.807) is 19.4 Å². The van der Waals surface area contributed by atoms with Gasteiger partial charge in [-0.3, -0.25) is 14.4 Å². The first kappa shape index (κ1) is 26.3. The number of hydrogen-bond donors (Lipinski definition) is 3. The zero-order valence-corrected chi connectivity index (χ0v) is 20.9. The molecule has 1 aliphatic rings. The van der Waals surface area contributed by atoms with Crippen molar-refractivity contribution >= 4 is 35.0 Å².